The molecular weight excluding hydrogens is 386 g/mol. The maximum atomic E-state index is 12.4. The Hall–Kier alpha value is -2.64. The summed E-state index contributed by atoms with van der Waals surface area (Å²) in [7, 11) is 0. The van der Waals surface area contributed by atoms with Gasteiger partial charge in [-0.2, -0.15) is 0 Å². The summed E-state index contributed by atoms with van der Waals surface area (Å²) in [4.78, 5) is 27.4. The Morgan fingerprint density at radius 3 is 2.48 bits per heavy atom. The molecule has 0 unspecified atom stereocenters. The molecule has 8 heteroatoms. The quantitative estimate of drug-likeness (QED) is 0.246. The number of rotatable bonds is 7. The van der Waals surface area contributed by atoms with E-state index in [1.807, 2.05) is 30.3 Å². The lowest BCUT2D eigenvalue weighted by atomic mass is 10.1. The van der Waals surface area contributed by atoms with Crippen molar-refractivity contribution in [2.75, 3.05) is 5.75 Å². The standard InChI is InChI=1S/C19H16ClN3O3S/c1-13-21-18(23(25)26)19(22(13)11-14-5-3-2-4-6-14)27-12-17(24)15-7-9-16(20)10-8-15/h2-10H,11-12H2,1H3. The Morgan fingerprint density at radius 1 is 1.19 bits per heavy atom. The summed E-state index contributed by atoms with van der Waals surface area (Å²) < 4.78 is 1.77. The number of halogens is 1. The zero-order chi connectivity index (χ0) is 19.4. The summed E-state index contributed by atoms with van der Waals surface area (Å²) in [5.74, 6) is 0.253. The summed E-state index contributed by atoms with van der Waals surface area (Å²) in [6, 6.07) is 16.2. The average Bonchev–Trinajstić information content (AvgIpc) is 2.97. The van der Waals surface area contributed by atoms with Crippen molar-refractivity contribution in [1.82, 2.24) is 9.55 Å². The molecular formula is C19H16ClN3O3S. The van der Waals surface area contributed by atoms with Crippen molar-refractivity contribution in [3.8, 4) is 0 Å². The number of nitro groups is 1. The Morgan fingerprint density at radius 2 is 1.85 bits per heavy atom. The molecule has 0 bridgehead atoms. The van der Waals surface area contributed by atoms with Gasteiger partial charge in [-0.05, 0) is 39.7 Å². The van der Waals surface area contributed by atoms with Crippen LogP contribution in [0.15, 0.2) is 59.6 Å². The lowest BCUT2D eigenvalue weighted by molar-refractivity contribution is -0.392. The molecule has 1 aromatic heterocycles. The fourth-order valence-electron chi connectivity index (χ4n) is 2.60. The molecule has 0 aliphatic heterocycles. The van der Waals surface area contributed by atoms with Gasteiger partial charge < -0.3 is 10.1 Å². The molecule has 6 nitrogen and oxygen atoms in total. The fourth-order valence-corrected chi connectivity index (χ4v) is 3.76. The van der Waals surface area contributed by atoms with Gasteiger partial charge in [0.25, 0.3) is 0 Å². The van der Waals surface area contributed by atoms with Crippen LogP contribution < -0.4 is 0 Å². The zero-order valence-electron chi connectivity index (χ0n) is 14.5. The first-order valence-corrected chi connectivity index (χ1v) is 9.49. The van der Waals surface area contributed by atoms with Crippen LogP contribution in [0.3, 0.4) is 0 Å². The first kappa shape index (κ1) is 19.1. The number of aryl methyl sites for hydroxylation is 1. The summed E-state index contributed by atoms with van der Waals surface area (Å²) in [6.45, 7) is 2.17. The summed E-state index contributed by atoms with van der Waals surface area (Å²) in [5.41, 5.74) is 1.51. The Balaban J connectivity index is 1.85. The van der Waals surface area contributed by atoms with Crippen LogP contribution in [-0.2, 0) is 6.54 Å². The van der Waals surface area contributed by atoms with Crippen LogP contribution in [0.4, 0.5) is 5.82 Å². The number of carbonyl (C=O) groups is 1. The van der Waals surface area contributed by atoms with Crippen molar-refractivity contribution in [3.05, 3.63) is 86.7 Å². The largest absolute Gasteiger partial charge is 0.396 e. The van der Waals surface area contributed by atoms with Gasteiger partial charge in [0.15, 0.2) is 10.8 Å². The van der Waals surface area contributed by atoms with Crippen LogP contribution in [0.2, 0.25) is 5.02 Å². The molecule has 0 aliphatic carbocycles. The van der Waals surface area contributed by atoms with Gasteiger partial charge >= 0.3 is 5.82 Å². The van der Waals surface area contributed by atoms with Crippen molar-refractivity contribution in [3.63, 3.8) is 0 Å². The van der Waals surface area contributed by atoms with Crippen molar-refractivity contribution < 1.29 is 9.72 Å². The third kappa shape index (κ3) is 4.56. The molecule has 3 aromatic rings. The van der Waals surface area contributed by atoms with Gasteiger partial charge in [-0.15, -0.1) is 0 Å². The van der Waals surface area contributed by atoms with Gasteiger partial charge in [0.1, 0.15) is 0 Å². The Labute approximate surface area is 165 Å². The van der Waals surface area contributed by atoms with E-state index < -0.39 is 4.92 Å². The summed E-state index contributed by atoms with van der Waals surface area (Å²) in [5, 5.41) is 12.3. The number of carbonyl (C=O) groups excluding carboxylic acids is 1. The van der Waals surface area contributed by atoms with Crippen LogP contribution in [0, 0.1) is 17.0 Å². The predicted octanol–water partition coefficient (Wildman–Crippen LogP) is 4.78. The number of thioether (sulfide) groups is 1. The van der Waals surface area contributed by atoms with E-state index in [-0.39, 0.29) is 17.4 Å². The SMILES string of the molecule is Cc1nc([N+](=O)[O-])c(SCC(=O)c2ccc(Cl)cc2)n1Cc1ccccc1. The molecule has 2 aromatic carbocycles. The molecule has 1 heterocycles. The number of nitrogens with zero attached hydrogens (tertiary/aromatic N) is 3. The molecule has 0 atom stereocenters. The summed E-state index contributed by atoms with van der Waals surface area (Å²) in [6.07, 6.45) is 0. The van der Waals surface area contributed by atoms with Crippen molar-refractivity contribution in [1.29, 1.82) is 0 Å². The molecule has 0 spiro atoms. The van der Waals surface area contributed by atoms with E-state index in [2.05, 4.69) is 4.98 Å². The number of hydrogen-bond donors (Lipinski definition) is 0. The molecule has 0 amide bonds. The maximum absolute atomic E-state index is 12.4. The molecule has 3 rings (SSSR count). The van der Waals surface area contributed by atoms with E-state index in [9.17, 15) is 14.9 Å². The van der Waals surface area contributed by atoms with E-state index in [4.69, 9.17) is 11.6 Å². The van der Waals surface area contributed by atoms with Crippen LogP contribution in [0.25, 0.3) is 0 Å². The summed E-state index contributed by atoms with van der Waals surface area (Å²) >= 11 is 6.97. The molecule has 0 radical (unpaired) electrons. The van der Waals surface area contributed by atoms with Crippen LogP contribution in [0.1, 0.15) is 21.7 Å². The molecule has 0 N–H and O–H groups in total. The van der Waals surface area contributed by atoms with E-state index in [1.54, 1.807) is 35.8 Å². The predicted molar refractivity (Wildman–Crippen MR) is 106 cm³/mol. The number of imidazole rings is 1. The van der Waals surface area contributed by atoms with Gasteiger partial charge in [0, 0.05) is 17.5 Å². The average molecular weight is 402 g/mol. The van der Waals surface area contributed by atoms with Gasteiger partial charge in [-0.3, -0.25) is 9.36 Å². The minimum Gasteiger partial charge on any atom is -0.358 e. The fraction of sp³-hybridized carbons (Fsp3) is 0.158. The smallest absolute Gasteiger partial charge is 0.358 e. The van der Waals surface area contributed by atoms with E-state index in [0.717, 1.165) is 17.3 Å². The van der Waals surface area contributed by atoms with E-state index in [1.165, 1.54) is 0 Å². The molecule has 0 saturated carbocycles. The van der Waals surface area contributed by atoms with Crippen molar-refractivity contribution in [2.24, 2.45) is 0 Å². The topological polar surface area (TPSA) is 78.0 Å². The van der Waals surface area contributed by atoms with Crippen molar-refractivity contribution >= 4 is 35.0 Å². The highest BCUT2D eigenvalue weighted by molar-refractivity contribution is 8.00. The molecule has 0 saturated heterocycles. The Kier molecular flexibility index (Phi) is 5.93. The van der Waals surface area contributed by atoms with E-state index in [0.29, 0.717) is 28.0 Å². The highest BCUT2D eigenvalue weighted by Crippen LogP contribution is 2.31. The number of hydrogen-bond acceptors (Lipinski definition) is 5. The number of aromatic nitrogens is 2. The number of Topliss-reactive ketones (excluding diaryl/α,β-unsaturated/α-hetero) is 1. The normalized spacial score (nSPS) is 10.7. The third-order valence-corrected chi connectivity index (χ3v) is 5.29. The van der Waals surface area contributed by atoms with Gasteiger partial charge in [-0.25, -0.2) is 0 Å². The minimum atomic E-state index is -0.510. The third-order valence-electron chi connectivity index (χ3n) is 3.96. The Bertz CT molecular complexity index is 972. The first-order valence-electron chi connectivity index (χ1n) is 8.12. The van der Waals surface area contributed by atoms with Crippen LogP contribution in [-0.4, -0.2) is 26.0 Å². The molecule has 0 fully saturated rings. The second-order valence-electron chi connectivity index (χ2n) is 5.84. The lowest BCUT2D eigenvalue weighted by Crippen LogP contribution is -2.07. The minimum absolute atomic E-state index is 0.0718. The lowest BCUT2D eigenvalue weighted by Gasteiger charge is -2.08. The number of ketones is 1. The zero-order valence-corrected chi connectivity index (χ0v) is 16.0. The first-order chi connectivity index (χ1) is 13.0. The van der Waals surface area contributed by atoms with Crippen molar-refractivity contribution in [2.45, 2.75) is 18.5 Å². The molecule has 138 valence electrons. The molecule has 27 heavy (non-hydrogen) atoms. The highest BCUT2D eigenvalue weighted by Gasteiger charge is 2.26. The highest BCUT2D eigenvalue weighted by atomic mass is 35.5. The maximum Gasteiger partial charge on any atom is 0.396 e. The second-order valence-corrected chi connectivity index (χ2v) is 7.24. The van der Waals surface area contributed by atoms with E-state index >= 15 is 0 Å². The second kappa shape index (κ2) is 8.37. The van der Waals surface area contributed by atoms with Crippen LogP contribution in [0.5, 0.6) is 0 Å². The van der Waals surface area contributed by atoms with Crippen LogP contribution >= 0.6 is 23.4 Å². The van der Waals surface area contributed by atoms with Gasteiger partial charge in [0.2, 0.25) is 5.82 Å². The number of benzene rings is 2. The van der Waals surface area contributed by atoms with Gasteiger partial charge in [-0.1, -0.05) is 53.7 Å². The monoisotopic (exact) mass is 401 g/mol. The molecule has 0 aliphatic rings. The van der Waals surface area contributed by atoms with Gasteiger partial charge in [0.05, 0.1) is 12.3 Å².